The molecule has 0 bridgehead atoms. The first-order chi connectivity index (χ1) is 11.5. The van der Waals surface area contributed by atoms with Gasteiger partial charge in [-0.15, -0.1) is 0 Å². The number of aliphatic carboxylic acids is 1. The molecule has 0 unspecified atom stereocenters. The molecule has 0 aromatic heterocycles. The Balaban J connectivity index is 2.01. The number of hydrogen-bond acceptors (Lipinski definition) is 5. The lowest BCUT2D eigenvalue weighted by molar-refractivity contribution is -0.152. The quantitative estimate of drug-likeness (QED) is 0.781. The Morgan fingerprint density at radius 3 is 2.54 bits per heavy atom. The summed E-state index contributed by atoms with van der Waals surface area (Å²) >= 11 is 0. The van der Waals surface area contributed by atoms with Crippen molar-refractivity contribution in [2.75, 3.05) is 27.4 Å². The van der Waals surface area contributed by atoms with Crippen LogP contribution in [-0.4, -0.2) is 50.0 Å². The summed E-state index contributed by atoms with van der Waals surface area (Å²) < 4.78 is 15.7. The number of hydrogen-bond donors (Lipinski definition) is 2. The summed E-state index contributed by atoms with van der Waals surface area (Å²) in [4.78, 5) is 23.8. The first kappa shape index (κ1) is 18.1. The van der Waals surface area contributed by atoms with Gasteiger partial charge in [0, 0.05) is 32.5 Å². The molecular formula is C17H23NO6. The molecule has 1 amide bonds. The third-order valence-electron chi connectivity index (χ3n) is 4.24. The number of aryl methyl sites for hydroxylation is 1. The first-order valence-electron chi connectivity index (χ1n) is 7.84. The molecule has 2 N–H and O–H groups in total. The highest BCUT2D eigenvalue weighted by Gasteiger charge is 2.41. The van der Waals surface area contributed by atoms with Crippen molar-refractivity contribution < 1.29 is 28.9 Å². The number of carboxylic acids is 1. The Kier molecular flexibility index (Phi) is 6.03. The standard InChI is InChI=1S/C17H23NO6/c1-22-13-4-5-14(23-2)12(11-13)3-6-15(19)18-17(16(20)21)7-9-24-10-8-17/h4-5,11H,3,6-10H2,1-2H3,(H,18,19)(H,20,21). The molecule has 0 atom stereocenters. The summed E-state index contributed by atoms with van der Waals surface area (Å²) in [5.74, 6) is 0.0301. The summed E-state index contributed by atoms with van der Waals surface area (Å²) in [7, 11) is 3.13. The summed E-state index contributed by atoms with van der Waals surface area (Å²) in [5, 5.41) is 12.1. The highest BCUT2D eigenvalue weighted by atomic mass is 16.5. The zero-order valence-electron chi connectivity index (χ0n) is 14.0. The van der Waals surface area contributed by atoms with Crippen molar-refractivity contribution in [3.05, 3.63) is 23.8 Å². The molecule has 0 radical (unpaired) electrons. The van der Waals surface area contributed by atoms with E-state index in [9.17, 15) is 14.7 Å². The molecular weight excluding hydrogens is 314 g/mol. The average molecular weight is 337 g/mol. The fraction of sp³-hybridized carbons (Fsp3) is 0.529. The van der Waals surface area contributed by atoms with E-state index in [4.69, 9.17) is 14.2 Å². The van der Waals surface area contributed by atoms with Gasteiger partial charge in [-0.2, -0.15) is 0 Å². The van der Waals surface area contributed by atoms with E-state index in [1.807, 2.05) is 6.07 Å². The van der Waals surface area contributed by atoms with Gasteiger partial charge < -0.3 is 24.6 Å². The van der Waals surface area contributed by atoms with Crippen LogP contribution in [0, 0.1) is 0 Å². The number of benzene rings is 1. The number of rotatable bonds is 7. The molecule has 0 saturated carbocycles. The van der Waals surface area contributed by atoms with Gasteiger partial charge in [0.2, 0.25) is 5.91 Å². The fourth-order valence-corrected chi connectivity index (χ4v) is 2.77. The van der Waals surface area contributed by atoms with Crippen LogP contribution < -0.4 is 14.8 Å². The largest absolute Gasteiger partial charge is 0.497 e. The van der Waals surface area contributed by atoms with Crippen LogP contribution in [0.5, 0.6) is 11.5 Å². The van der Waals surface area contributed by atoms with Gasteiger partial charge >= 0.3 is 5.97 Å². The second-order valence-corrected chi connectivity index (χ2v) is 5.73. The molecule has 7 nitrogen and oxygen atoms in total. The van der Waals surface area contributed by atoms with Crippen molar-refractivity contribution in [3.8, 4) is 11.5 Å². The van der Waals surface area contributed by atoms with Crippen molar-refractivity contribution in [1.29, 1.82) is 0 Å². The van der Waals surface area contributed by atoms with Gasteiger partial charge in [0.1, 0.15) is 17.0 Å². The van der Waals surface area contributed by atoms with Crippen molar-refractivity contribution in [1.82, 2.24) is 5.32 Å². The topological polar surface area (TPSA) is 94.1 Å². The lowest BCUT2D eigenvalue weighted by Crippen LogP contribution is -2.57. The maximum Gasteiger partial charge on any atom is 0.329 e. The zero-order valence-corrected chi connectivity index (χ0v) is 14.0. The van der Waals surface area contributed by atoms with Gasteiger partial charge in [-0.3, -0.25) is 4.79 Å². The highest BCUT2D eigenvalue weighted by Crippen LogP contribution is 2.26. The zero-order chi connectivity index (χ0) is 17.6. The van der Waals surface area contributed by atoms with Crippen molar-refractivity contribution in [2.24, 2.45) is 0 Å². The van der Waals surface area contributed by atoms with Crippen LogP contribution in [0.3, 0.4) is 0 Å². The summed E-state index contributed by atoms with van der Waals surface area (Å²) in [5.41, 5.74) is -0.392. The smallest absolute Gasteiger partial charge is 0.329 e. The molecule has 1 fully saturated rings. The first-order valence-corrected chi connectivity index (χ1v) is 7.84. The number of amides is 1. The van der Waals surface area contributed by atoms with Crippen molar-refractivity contribution >= 4 is 11.9 Å². The minimum absolute atomic E-state index is 0.166. The van der Waals surface area contributed by atoms with Gasteiger partial charge in [0.25, 0.3) is 0 Å². The van der Waals surface area contributed by atoms with E-state index in [-0.39, 0.29) is 25.2 Å². The maximum absolute atomic E-state index is 12.3. The van der Waals surface area contributed by atoms with E-state index in [0.717, 1.165) is 5.56 Å². The predicted octanol–water partition coefficient (Wildman–Crippen LogP) is 1.39. The Bertz CT molecular complexity index is 595. The Morgan fingerprint density at radius 1 is 1.25 bits per heavy atom. The third-order valence-corrected chi connectivity index (χ3v) is 4.24. The second kappa shape index (κ2) is 8.01. The van der Waals surface area contributed by atoms with Crippen molar-refractivity contribution in [2.45, 2.75) is 31.2 Å². The molecule has 2 rings (SSSR count). The van der Waals surface area contributed by atoms with Crippen LogP contribution in [0.1, 0.15) is 24.8 Å². The number of carboxylic acid groups (broad SMARTS) is 1. The Hall–Kier alpha value is -2.28. The molecule has 132 valence electrons. The van der Waals surface area contributed by atoms with Crippen LogP contribution in [0.4, 0.5) is 0 Å². The molecule has 7 heteroatoms. The molecule has 1 saturated heterocycles. The molecule has 0 aliphatic carbocycles. The van der Waals surface area contributed by atoms with E-state index in [1.165, 1.54) is 0 Å². The lowest BCUT2D eigenvalue weighted by Gasteiger charge is -2.33. The maximum atomic E-state index is 12.3. The number of methoxy groups -OCH3 is 2. The summed E-state index contributed by atoms with van der Waals surface area (Å²) in [6, 6.07) is 5.38. The molecule has 1 heterocycles. The molecule has 1 aromatic rings. The molecule has 1 aliphatic rings. The van der Waals surface area contributed by atoms with E-state index < -0.39 is 11.5 Å². The van der Waals surface area contributed by atoms with Crippen LogP contribution in [0.2, 0.25) is 0 Å². The highest BCUT2D eigenvalue weighted by molar-refractivity contribution is 5.87. The number of carbonyl (C=O) groups is 2. The fourth-order valence-electron chi connectivity index (χ4n) is 2.77. The van der Waals surface area contributed by atoms with Gasteiger partial charge in [-0.1, -0.05) is 0 Å². The average Bonchev–Trinajstić information content (AvgIpc) is 2.60. The number of ether oxygens (including phenoxy) is 3. The van der Waals surface area contributed by atoms with Crippen LogP contribution in [0.15, 0.2) is 18.2 Å². The predicted molar refractivity (Wildman–Crippen MR) is 86.4 cm³/mol. The van der Waals surface area contributed by atoms with Crippen LogP contribution in [-0.2, 0) is 20.7 Å². The van der Waals surface area contributed by atoms with E-state index >= 15 is 0 Å². The van der Waals surface area contributed by atoms with Crippen LogP contribution >= 0.6 is 0 Å². The van der Waals surface area contributed by atoms with E-state index in [0.29, 0.717) is 31.1 Å². The third kappa shape index (κ3) is 4.17. The van der Waals surface area contributed by atoms with Gasteiger partial charge in [-0.05, 0) is 30.2 Å². The molecule has 24 heavy (non-hydrogen) atoms. The van der Waals surface area contributed by atoms with Gasteiger partial charge in [-0.25, -0.2) is 4.79 Å². The molecule has 0 spiro atoms. The van der Waals surface area contributed by atoms with Crippen molar-refractivity contribution in [3.63, 3.8) is 0 Å². The normalized spacial score (nSPS) is 16.2. The monoisotopic (exact) mass is 337 g/mol. The van der Waals surface area contributed by atoms with E-state index in [1.54, 1.807) is 26.4 Å². The van der Waals surface area contributed by atoms with Crippen LogP contribution in [0.25, 0.3) is 0 Å². The summed E-state index contributed by atoms with van der Waals surface area (Å²) in [6.45, 7) is 0.659. The SMILES string of the molecule is COc1ccc(OC)c(CCC(=O)NC2(C(=O)O)CCOCC2)c1. The lowest BCUT2D eigenvalue weighted by atomic mass is 9.90. The molecule has 1 aromatic carbocycles. The Labute approximate surface area is 140 Å². The van der Waals surface area contributed by atoms with Gasteiger partial charge in [0.05, 0.1) is 14.2 Å². The van der Waals surface area contributed by atoms with Gasteiger partial charge in [0.15, 0.2) is 0 Å². The number of nitrogens with one attached hydrogen (secondary N) is 1. The second-order valence-electron chi connectivity index (χ2n) is 5.73. The molecule has 1 aliphatic heterocycles. The van der Waals surface area contributed by atoms with E-state index in [2.05, 4.69) is 5.32 Å². The number of carbonyl (C=O) groups excluding carboxylic acids is 1. The minimum atomic E-state index is -1.23. The summed E-state index contributed by atoms with van der Waals surface area (Å²) in [6.07, 6.45) is 1.14. The Morgan fingerprint density at radius 2 is 1.96 bits per heavy atom. The minimum Gasteiger partial charge on any atom is -0.497 e.